The van der Waals surface area contributed by atoms with Crippen LogP contribution in [0, 0.1) is 0 Å². The molecule has 2 rings (SSSR count). The van der Waals surface area contributed by atoms with Gasteiger partial charge >= 0.3 is 0 Å². The summed E-state index contributed by atoms with van der Waals surface area (Å²) in [6.07, 6.45) is 5.69. The molecule has 2 N–H and O–H groups in total. The van der Waals surface area contributed by atoms with Gasteiger partial charge in [-0.15, -0.1) is 0 Å². The fourth-order valence-electron chi connectivity index (χ4n) is 2.29. The molecule has 106 valence electrons. The largest absolute Gasteiger partial charge is 0.347 e. The van der Waals surface area contributed by atoms with Crippen molar-refractivity contribution < 1.29 is 13.2 Å². The van der Waals surface area contributed by atoms with E-state index in [0.717, 1.165) is 6.26 Å². The number of aromatic nitrogens is 2. The second-order valence-electron chi connectivity index (χ2n) is 4.74. The van der Waals surface area contributed by atoms with Crippen molar-refractivity contribution in [1.29, 1.82) is 0 Å². The van der Waals surface area contributed by atoms with Gasteiger partial charge in [0.2, 0.25) is 15.9 Å². The zero-order chi connectivity index (χ0) is 14.0. The van der Waals surface area contributed by atoms with Crippen LogP contribution in [0.5, 0.6) is 0 Å². The topological polar surface area (TPSA) is 95.2 Å². The van der Waals surface area contributed by atoms with Crippen LogP contribution in [0.4, 0.5) is 0 Å². The second-order valence-corrected chi connectivity index (χ2v) is 6.67. The predicted molar refractivity (Wildman–Crippen MR) is 69.7 cm³/mol. The zero-order valence-corrected chi connectivity index (χ0v) is 11.8. The third-order valence-electron chi connectivity index (χ3n) is 3.22. The minimum atomic E-state index is -3.34. The van der Waals surface area contributed by atoms with Crippen molar-refractivity contribution in [2.45, 2.75) is 31.8 Å². The first-order valence-corrected chi connectivity index (χ1v) is 8.01. The first kappa shape index (κ1) is 14.0. The maximum absolute atomic E-state index is 12.1. The van der Waals surface area contributed by atoms with E-state index in [1.807, 2.05) is 0 Å². The fourth-order valence-corrected chi connectivity index (χ4v) is 3.42. The van der Waals surface area contributed by atoms with E-state index in [4.69, 9.17) is 0 Å². The highest BCUT2D eigenvalue weighted by molar-refractivity contribution is 7.88. The van der Waals surface area contributed by atoms with E-state index in [9.17, 15) is 13.2 Å². The lowest BCUT2D eigenvalue weighted by Gasteiger charge is -2.22. The van der Waals surface area contributed by atoms with E-state index < -0.39 is 16.1 Å². The van der Waals surface area contributed by atoms with Crippen LogP contribution in [0.15, 0.2) is 12.4 Å². The molecule has 1 saturated heterocycles. The summed E-state index contributed by atoms with van der Waals surface area (Å²) < 4.78 is 24.4. The van der Waals surface area contributed by atoms with Crippen molar-refractivity contribution in [3.05, 3.63) is 18.2 Å². The Morgan fingerprint density at radius 3 is 2.95 bits per heavy atom. The normalized spacial score (nSPS) is 22.3. The Hall–Kier alpha value is -1.41. The van der Waals surface area contributed by atoms with Crippen LogP contribution in [0.2, 0.25) is 0 Å². The fraction of sp³-hybridized carbons (Fsp3) is 0.636. The minimum Gasteiger partial charge on any atom is -0.347 e. The molecule has 1 fully saturated rings. The third-order valence-corrected chi connectivity index (χ3v) is 4.51. The molecule has 2 heterocycles. The van der Waals surface area contributed by atoms with Crippen molar-refractivity contribution in [3.63, 3.8) is 0 Å². The van der Waals surface area contributed by atoms with Crippen LogP contribution in [0.1, 0.15) is 31.6 Å². The summed E-state index contributed by atoms with van der Waals surface area (Å²) in [5.41, 5.74) is 0. The number of amides is 1. The average Bonchev–Trinajstić information content (AvgIpc) is 2.99. The van der Waals surface area contributed by atoms with Crippen molar-refractivity contribution in [2.24, 2.45) is 0 Å². The summed E-state index contributed by atoms with van der Waals surface area (Å²) in [6.45, 7) is 2.21. The molecule has 0 spiro atoms. The summed E-state index contributed by atoms with van der Waals surface area (Å²) in [5, 5.41) is 2.79. The average molecular weight is 286 g/mol. The molecular weight excluding hydrogens is 268 g/mol. The Labute approximate surface area is 112 Å². The van der Waals surface area contributed by atoms with Crippen LogP contribution >= 0.6 is 0 Å². The predicted octanol–water partition coefficient (Wildman–Crippen LogP) is 0.0109. The number of hydrogen-bond acceptors (Lipinski definition) is 4. The number of aromatic amines is 1. The van der Waals surface area contributed by atoms with Crippen LogP contribution in [-0.2, 0) is 14.8 Å². The van der Waals surface area contributed by atoms with Crippen LogP contribution in [-0.4, -0.2) is 47.4 Å². The van der Waals surface area contributed by atoms with Crippen LogP contribution < -0.4 is 5.32 Å². The van der Waals surface area contributed by atoms with Gasteiger partial charge in [0, 0.05) is 18.9 Å². The molecule has 7 nitrogen and oxygen atoms in total. The quantitative estimate of drug-likeness (QED) is 0.815. The van der Waals surface area contributed by atoms with Gasteiger partial charge in [-0.3, -0.25) is 4.79 Å². The van der Waals surface area contributed by atoms with Crippen molar-refractivity contribution in [2.75, 3.05) is 12.8 Å². The van der Waals surface area contributed by atoms with E-state index in [0.29, 0.717) is 25.2 Å². The number of rotatable bonds is 4. The molecule has 2 unspecified atom stereocenters. The third kappa shape index (κ3) is 3.13. The van der Waals surface area contributed by atoms with E-state index in [2.05, 4.69) is 15.3 Å². The van der Waals surface area contributed by atoms with E-state index in [1.165, 1.54) is 4.31 Å². The minimum absolute atomic E-state index is 0.271. The van der Waals surface area contributed by atoms with Gasteiger partial charge in [0.15, 0.2) is 0 Å². The molecular formula is C11H18N4O3S. The summed E-state index contributed by atoms with van der Waals surface area (Å²) in [4.78, 5) is 19.1. The number of hydrogen-bond donors (Lipinski definition) is 2. The van der Waals surface area contributed by atoms with E-state index >= 15 is 0 Å². The molecule has 0 aliphatic carbocycles. The van der Waals surface area contributed by atoms with Crippen LogP contribution in [0.3, 0.4) is 0 Å². The Morgan fingerprint density at radius 1 is 1.63 bits per heavy atom. The Bertz CT molecular complexity index is 540. The number of nitrogens with zero attached hydrogens (tertiary/aromatic N) is 2. The van der Waals surface area contributed by atoms with E-state index in [-0.39, 0.29) is 11.9 Å². The van der Waals surface area contributed by atoms with Crippen molar-refractivity contribution in [3.8, 4) is 0 Å². The molecule has 1 aliphatic rings. The lowest BCUT2D eigenvalue weighted by molar-refractivity contribution is -0.124. The van der Waals surface area contributed by atoms with Gasteiger partial charge in [0.05, 0.1) is 12.3 Å². The number of imidazole rings is 1. The molecule has 0 radical (unpaired) electrons. The summed E-state index contributed by atoms with van der Waals surface area (Å²) in [5.74, 6) is 0.379. The lowest BCUT2D eigenvalue weighted by atomic mass is 10.2. The van der Waals surface area contributed by atoms with Gasteiger partial charge in [-0.1, -0.05) is 0 Å². The standard InChI is InChI=1S/C11H18N4O3S/c1-8(10-12-5-6-13-10)14-11(16)9-4-3-7-15(9)19(2,17)18/h5-6,8-9H,3-4,7H2,1-2H3,(H,12,13)(H,14,16). The highest BCUT2D eigenvalue weighted by atomic mass is 32.2. The van der Waals surface area contributed by atoms with Gasteiger partial charge in [-0.05, 0) is 19.8 Å². The molecule has 19 heavy (non-hydrogen) atoms. The molecule has 8 heteroatoms. The Balaban J connectivity index is 2.04. The second kappa shape index (κ2) is 5.30. The number of carbonyl (C=O) groups excluding carboxylic acids is 1. The summed E-state index contributed by atoms with van der Waals surface area (Å²) >= 11 is 0. The summed E-state index contributed by atoms with van der Waals surface area (Å²) in [6, 6.07) is -0.878. The molecule has 0 aromatic carbocycles. The number of carbonyl (C=O) groups is 1. The number of H-pyrrole nitrogens is 1. The monoisotopic (exact) mass is 286 g/mol. The van der Waals surface area contributed by atoms with Gasteiger partial charge in [-0.2, -0.15) is 4.31 Å². The Kier molecular flexibility index (Phi) is 3.91. The van der Waals surface area contributed by atoms with Crippen molar-refractivity contribution in [1.82, 2.24) is 19.6 Å². The first-order valence-electron chi connectivity index (χ1n) is 6.16. The SMILES string of the molecule is CC(NC(=O)C1CCCN1S(C)(=O)=O)c1ncc[nH]1. The zero-order valence-electron chi connectivity index (χ0n) is 11.0. The van der Waals surface area contributed by atoms with Gasteiger partial charge in [0.1, 0.15) is 11.9 Å². The van der Waals surface area contributed by atoms with Gasteiger partial charge < -0.3 is 10.3 Å². The molecule has 0 bridgehead atoms. The highest BCUT2D eigenvalue weighted by Crippen LogP contribution is 2.21. The smallest absolute Gasteiger partial charge is 0.239 e. The van der Waals surface area contributed by atoms with Gasteiger partial charge in [0.25, 0.3) is 0 Å². The first-order chi connectivity index (χ1) is 8.89. The lowest BCUT2D eigenvalue weighted by Crippen LogP contribution is -2.46. The number of nitrogens with one attached hydrogen (secondary N) is 2. The van der Waals surface area contributed by atoms with Gasteiger partial charge in [-0.25, -0.2) is 13.4 Å². The molecule has 0 saturated carbocycles. The molecule has 2 atom stereocenters. The summed E-state index contributed by atoms with van der Waals surface area (Å²) in [7, 11) is -3.34. The molecule has 1 amide bonds. The molecule has 1 aromatic rings. The maximum atomic E-state index is 12.1. The van der Waals surface area contributed by atoms with Crippen molar-refractivity contribution >= 4 is 15.9 Å². The Morgan fingerprint density at radius 2 is 2.37 bits per heavy atom. The number of sulfonamides is 1. The highest BCUT2D eigenvalue weighted by Gasteiger charge is 2.36. The molecule has 1 aliphatic heterocycles. The van der Waals surface area contributed by atoms with E-state index in [1.54, 1.807) is 19.3 Å². The van der Waals surface area contributed by atoms with Crippen LogP contribution in [0.25, 0.3) is 0 Å². The molecule has 1 aromatic heterocycles. The maximum Gasteiger partial charge on any atom is 0.239 e.